The number of nitrogens with zero attached hydrogens (tertiary/aromatic N) is 3. The van der Waals surface area contributed by atoms with E-state index in [9.17, 15) is 14.4 Å². The Labute approximate surface area is 224 Å². The monoisotopic (exact) mass is 524 g/mol. The molecule has 0 radical (unpaired) electrons. The molecule has 38 heavy (non-hydrogen) atoms. The number of ether oxygens (including phenoxy) is 2. The lowest BCUT2D eigenvalue weighted by Crippen LogP contribution is -2.44. The third kappa shape index (κ3) is 5.10. The Morgan fingerprint density at radius 3 is 2.79 bits per heavy atom. The largest absolute Gasteiger partial charge is 0.491 e. The van der Waals surface area contributed by atoms with Gasteiger partial charge in [0.15, 0.2) is 11.6 Å². The molecule has 1 aromatic carbocycles. The molecule has 1 aliphatic carbocycles. The summed E-state index contributed by atoms with van der Waals surface area (Å²) in [6, 6.07) is 3.44. The van der Waals surface area contributed by atoms with Gasteiger partial charge in [0, 0.05) is 43.3 Å². The van der Waals surface area contributed by atoms with Crippen LogP contribution in [-0.2, 0) is 27.4 Å². The summed E-state index contributed by atoms with van der Waals surface area (Å²) in [7, 11) is 0. The van der Waals surface area contributed by atoms with Crippen molar-refractivity contribution in [1.82, 2.24) is 20.0 Å². The molecule has 2 aromatic rings. The first-order chi connectivity index (χ1) is 18.2. The minimum absolute atomic E-state index is 0.0208. The maximum atomic E-state index is 13.9. The average molecular weight is 525 g/mol. The van der Waals surface area contributed by atoms with Crippen LogP contribution in [0.15, 0.2) is 12.1 Å². The van der Waals surface area contributed by atoms with Crippen LogP contribution >= 0.6 is 0 Å². The zero-order chi connectivity index (χ0) is 27.0. The Morgan fingerprint density at radius 1 is 1.24 bits per heavy atom. The number of hydrogen-bond acceptors (Lipinski definition) is 7. The molecule has 5 rings (SSSR count). The molecule has 0 unspecified atom stereocenters. The number of ketones is 2. The van der Waals surface area contributed by atoms with Crippen molar-refractivity contribution < 1.29 is 23.9 Å². The van der Waals surface area contributed by atoms with E-state index in [1.165, 1.54) is 6.92 Å². The van der Waals surface area contributed by atoms with Crippen LogP contribution in [0.5, 0.6) is 5.75 Å². The Bertz CT molecular complexity index is 1240. The fourth-order valence-electron chi connectivity index (χ4n) is 6.27. The highest BCUT2D eigenvalue weighted by molar-refractivity contribution is 6.06. The van der Waals surface area contributed by atoms with Gasteiger partial charge in [-0.1, -0.05) is 6.92 Å². The number of hydrogen-bond donors (Lipinski definition) is 1. The Balaban J connectivity index is 1.56. The molecule has 2 fully saturated rings. The fourth-order valence-corrected chi connectivity index (χ4v) is 6.27. The lowest BCUT2D eigenvalue weighted by molar-refractivity contribution is -0.139. The van der Waals surface area contributed by atoms with Crippen molar-refractivity contribution in [3.05, 3.63) is 23.4 Å². The second-order valence-electron chi connectivity index (χ2n) is 11.4. The second kappa shape index (κ2) is 10.8. The smallest absolute Gasteiger partial charge is 0.245 e. The number of carbonyl (C=O) groups excluding carboxylic acids is 3. The topological polar surface area (TPSA) is 103 Å². The van der Waals surface area contributed by atoms with Crippen LogP contribution in [0.2, 0.25) is 0 Å². The molecule has 1 saturated carbocycles. The van der Waals surface area contributed by atoms with Crippen LogP contribution in [0, 0.1) is 5.41 Å². The van der Waals surface area contributed by atoms with E-state index >= 15 is 0 Å². The highest BCUT2D eigenvalue weighted by Gasteiger charge is 2.66. The van der Waals surface area contributed by atoms with E-state index in [-0.39, 0.29) is 41.6 Å². The summed E-state index contributed by atoms with van der Waals surface area (Å²) < 4.78 is 13.7. The molecule has 206 valence electrons. The summed E-state index contributed by atoms with van der Waals surface area (Å²) >= 11 is 0. The van der Waals surface area contributed by atoms with Crippen molar-refractivity contribution >= 4 is 28.4 Å². The Kier molecular flexibility index (Phi) is 7.60. The zero-order valence-corrected chi connectivity index (χ0v) is 23.0. The van der Waals surface area contributed by atoms with Crippen LogP contribution in [0.1, 0.15) is 82.3 Å². The van der Waals surface area contributed by atoms with Gasteiger partial charge in [-0.15, -0.1) is 0 Å². The second-order valence-corrected chi connectivity index (χ2v) is 11.4. The van der Waals surface area contributed by atoms with Gasteiger partial charge >= 0.3 is 0 Å². The molecule has 1 amide bonds. The quantitative estimate of drug-likeness (QED) is 0.596. The highest BCUT2D eigenvalue weighted by atomic mass is 16.5. The van der Waals surface area contributed by atoms with E-state index < -0.39 is 6.04 Å². The first kappa shape index (κ1) is 26.8. The predicted octanol–water partition coefficient (Wildman–Crippen LogP) is 3.65. The number of carbonyl (C=O) groups is 3. The van der Waals surface area contributed by atoms with Crippen LogP contribution in [0.3, 0.4) is 0 Å². The predicted molar refractivity (Wildman–Crippen MR) is 143 cm³/mol. The molecule has 1 saturated heterocycles. The summed E-state index contributed by atoms with van der Waals surface area (Å²) in [6.45, 7) is 9.96. The molecule has 9 nitrogen and oxygen atoms in total. The molecular formula is C29H40N4O5. The van der Waals surface area contributed by atoms with Gasteiger partial charge in [-0.05, 0) is 70.2 Å². The van der Waals surface area contributed by atoms with Gasteiger partial charge in [0.2, 0.25) is 5.91 Å². The van der Waals surface area contributed by atoms with Crippen molar-refractivity contribution in [2.45, 2.75) is 97.5 Å². The van der Waals surface area contributed by atoms with E-state index in [2.05, 4.69) is 10.4 Å². The molecule has 2 bridgehead atoms. The fraction of sp³-hybridized carbons (Fsp3) is 0.655. The molecule has 1 aromatic heterocycles. The number of amides is 1. The number of aromatic nitrogens is 2. The van der Waals surface area contributed by atoms with E-state index in [0.717, 1.165) is 43.3 Å². The summed E-state index contributed by atoms with van der Waals surface area (Å²) in [5.74, 6) is 0.472. The normalized spacial score (nSPS) is 26.3. The Morgan fingerprint density at radius 2 is 2.05 bits per heavy atom. The van der Waals surface area contributed by atoms with Gasteiger partial charge in [0.1, 0.15) is 18.0 Å². The molecule has 3 atom stereocenters. The number of nitrogens with one attached hydrogen (secondary N) is 1. The first-order valence-corrected chi connectivity index (χ1v) is 14.1. The zero-order valence-electron chi connectivity index (χ0n) is 23.0. The Hall–Kier alpha value is -2.78. The van der Waals surface area contributed by atoms with Crippen molar-refractivity contribution in [1.29, 1.82) is 0 Å². The van der Waals surface area contributed by atoms with Gasteiger partial charge in [-0.25, -0.2) is 0 Å². The molecule has 0 spiro atoms. The number of rotatable bonds is 5. The van der Waals surface area contributed by atoms with E-state index in [1.807, 2.05) is 37.8 Å². The summed E-state index contributed by atoms with van der Waals surface area (Å²) in [5.41, 5.74) is 1.90. The van der Waals surface area contributed by atoms with Crippen LogP contribution in [0.4, 0.5) is 0 Å². The minimum Gasteiger partial charge on any atom is -0.491 e. The maximum absolute atomic E-state index is 13.9. The van der Waals surface area contributed by atoms with Crippen molar-refractivity contribution in [3.8, 4) is 5.75 Å². The third-order valence-corrected chi connectivity index (χ3v) is 8.16. The van der Waals surface area contributed by atoms with Crippen molar-refractivity contribution in [2.75, 3.05) is 19.8 Å². The van der Waals surface area contributed by atoms with Gasteiger partial charge in [-0.2, -0.15) is 5.10 Å². The maximum Gasteiger partial charge on any atom is 0.245 e. The van der Waals surface area contributed by atoms with E-state index in [4.69, 9.17) is 9.47 Å². The van der Waals surface area contributed by atoms with Crippen molar-refractivity contribution in [2.24, 2.45) is 5.41 Å². The molecular weight excluding hydrogens is 484 g/mol. The van der Waals surface area contributed by atoms with Crippen LogP contribution < -0.4 is 10.1 Å². The van der Waals surface area contributed by atoms with Crippen molar-refractivity contribution in [3.63, 3.8) is 0 Å². The minimum atomic E-state index is -0.421. The average Bonchev–Trinajstić information content (AvgIpc) is 3.27. The summed E-state index contributed by atoms with van der Waals surface area (Å²) in [4.78, 5) is 41.2. The molecule has 2 aliphatic heterocycles. The van der Waals surface area contributed by atoms with Gasteiger partial charge in [0.25, 0.3) is 0 Å². The van der Waals surface area contributed by atoms with E-state index in [1.54, 1.807) is 4.68 Å². The summed E-state index contributed by atoms with van der Waals surface area (Å²) in [6.07, 6.45) is 4.98. The molecule has 9 heteroatoms. The molecule has 3 aliphatic rings. The number of Topliss-reactive ketones (excluding diaryl/α,β-unsaturated/α-hetero) is 2. The number of piperidine rings is 1. The van der Waals surface area contributed by atoms with Gasteiger partial charge < -0.3 is 19.7 Å². The SMILES string of the molecule is CCC(=O)[C@@H]1C[C@]23COCCCCCNCc4cc(OC(C)C)cc5c(C(C)=O)nn(c45)CC(=O)N1[C@@H]2C3. The first-order valence-electron chi connectivity index (χ1n) is 14.1. The molecule has 1 N–H and O–H groups in total. The third-order valence-electron chi connectivity index (χ3n) is 8.16. The van der Waals surface area contributed by atoms with Crippen LogP contribution in [0.25, 0.3) is 10.9 Å². The lowest BCUT2D eigenvalue weighted by Gasteiger charge is -2.26. The van der Waals surface area contributed by atoms with Gasteiger partial charge in [-0.3, -0.25) is 19.1 Å². The number of benzene rings is 1. The van der Waals surface area contributed by atoms with Crippen LogP contribution in [-0.4, -0.2) is 70.1 Å². The lowest BCUT2D eigenvalue weighted by atomic mass is 9.97. The van der Waals surface area contributed by atoms with E-state index in [0.29, 0.717) is 49.4 Å². The highest BCUT2D eigenvalue weighted by Crippen LogP contribution is 2.60. The molecule has 3 heterocycles. The summed E-state index contributed by atoms with van der Waals surface area (Å²) in [5, 5.41) is 8.85. The standard InChI is InChI=1S/C29H40N4O5/c1-5-24(35)23-13-29-14-25(29)33(23)26(36)16-32-28-20(15-30-9-7-6-8-10-37-17-29)11-21(38-18(2)3)12-22(28)27(31-32)19(4)34/h11-12,18,23,25,30H,5-10,13-17H2,1-4H3/t23-,25+,29-/m0/s1. The van der Waals surface area contributed by atoms with Gasteiger partial charge in [0.05, 0.1) is 24.3 Å².